The van der Waals surface area contributed by atoms with Crippen LogP contribution in [0.5, 0.6) is 0 Å². The highest BCUT2D eigenvalue weighted by Gasteiger charge is 2.00. The minimum Gasteiger partial charge on any atom is -0.308 e. The first kappa shape index (κ1) is 12.8. The fourth-order valence-corrected chi connectivity index (χ4v) is 3.19. The van der Waals surface area contributed by atoms with E-state index in [9.17, 15) is 0 Å². The fraction of sp³-hybridized carbons (Fsp3) is 0.286. The molecule has 1 heterocycles. The lowest BCUT2D eigenvalue weighted by molar-refractivity contribution is 0.699. The highest BCUT2D eigenvalue weighted by Crippen LogP contribution is 2.19. The topological polar surface area (TPSA) is 12.0 Å². The SMILES string of the molecule is Cc1ccc(CNCc2ccc(C)s2)c(Br)c1. The van der Waals surface area contributed by atoms with Gasteiger partial charge in [0.1, 0.15) is 0 Å². The molecule has 1 aromatic carbocycles. The van der Waals surface area contributed by atoms with Crippen LogP contribution >= 0.6 is 27.3 Å². The molecule has 0 bridgehead atoms. The second kappa shape index (κ2) is 5.80. The van der Waals surface area contributed by atoms with Crippen LogP contribution in [-0.4, -0.2) is 0 Å². The Balaban J connectivity index is 1.90. The van der Waals surface area contributed by atoms with Gasteiger partial charge < -0.3 is 5.32 Å². The van der Waals surface area contributed by atoms with E-state index in [1.54, 1.807) is 0 Å². The third-order valence-corrected chi connectivity index (χ3v) is 4.36. The Morgan fingerprint density at radius 2 is 1.94 bits per heavy atom. The molecule has 2 aromatic rings. The van der Waals surface area contributed by atoms with Gasteiger partial charge in [0.2, 0.25) is 0 Å². The summed E-state index contributed by atoms with van der Waals surface area (Å²) in [6.45, 7) is 6.09. The minimum absolute atomic E-state index is 0.901. The lowest BCUT2D eigenvalue weighted by atomic mass is 10.1. The Kier molecular flexibility index (Phi) is 4.37. The van der Waals surface area contributed by atoms with E-state index >= 15 is 0 Å². The minimum atomic E-state index is 0.901. The molecule has 0 unspecified atom stereocenters. The maximum Gasteiger partial charge on any atom is 0.0303 e. The lowest BCUT2D eigenvalue weighted by Gasteiger charge is -2.06. The number of benzene rings is 1. The van der Waals surface area contributed by atoms with Crippen LogP contribution in [-0.2, 0) is 13.1 Å². The van der Waals surface area contributed by atoms with Gasteiger partial charge in [0.05, 0.1) is 0 Å². The van der Waals surface area contributed by atoms with Gasteiger partial charge in [-0.2, -0.15) is 0 Å². The van der Waals surface area contributed by atoms with E-state index in [0.717, 1.165) is 13.1 Å². The van der Waals surface area contributed by atoms with E-state index in [0.29, 0.717) is 0 Å². The highest BCUT2D eigenvalue weighted by molar-refractivity contribution is 9.10. The maximum absolute atomic E-state index is 3.60. The van der Waals surface area contributed by atoms with Gasteiger partial charge in [0, 0.05) is 27.3 Å². The molecular weight excluding hydrogens is 294 g/mol. The monoisotopic (exact) mass is 309 g/mol. The van der Waals surface area contributed by atoms with Crippen LogP contribution in [0.1, 0.15) is 20.9 Å². The third-order valence-electron chi connectivity index (χ3n) is 2.62. The highest BCUT2D eigenvalue weighted by atomic mass is 79.9. The summed E-state index contributed by atoms with van der Waals surface area (Å²) in [5, 5.41) is 3.47. The van der Waals surface area contributed by atoms with E-state index in [1.165, 1.54) is 25.4 Å². The molecule has 0 saturated heterocycles. The van der Waals surface area contributed by atoms with Gasteiger partial charge in [0.25, 0.3) is 0 Å². The maximum atomic E-state index is 3.60. The number of thiophene rings is 1. The number of hydrogen-bond donors (Lipinski definition) is 1. The van der Waals surface area contributed by atoms with Gasteiger partial charge in [-0.1, -0.05) is 28.1 Å². The van der Waals surface area contributed by atoms with Crippen molar-refractivity contribution < 1.29 is 0 Å². The fourth-order valence-electron chi connectivity index (χ4n) is 1.70. The van der Waals surface area contributed by atoms with Crippen molar-refractivity contribution >= 4 is 27.3 Å². The lowest BCUT2D eigenvalue weighted by Crippen LogP contribution is -2.12. The summed E-state index contributed by atoms with van der Waals surface area (Å²) in [4.78, 5) is 2.77. The molecule has 90 valence electrons. The van der Waals surface area contributed by atoms with Crippen LogP contribution < -0.4 is 5.32 Å². The Hall–Kier alpha value is -0.640. The van der Waals surface area contributed by atoms with E-state index < -0.39 is 0 Å². The number of nitrogens with one attached hydrogen (secondary N) is 1. The molecular formula is C14H16BrNS. The Morgan fingerprint density at radius 3 is 2.59 bits per heavy atom. The van der Waals surface area contributed by atoms with Crippen molar-refractivity contribution in [2.24, 2.45) is 0 Å². The standard InChI is InChI=1S/C14H16BrNS/c1-10-3-5-12(14(15)7-10)8-16-9-13-6-4-11(2)17-13/h3-7,16H,8-9H2,1-2H3. The average molecular weight is 310 g/mol. The first-order valence-electron chi connectivity index (χ1n) is 5.66. The quantitative estimate of drug-likeness (QED) is 0.881. The van der Waals surface area contributed by atoms with Crippen molar-refractivity contribution in [2.45, 2.75) is 26.9 Å². The molecule has 17 heavy (non-hydrogen) atoms. The number of halogens is 1. The van der Waals surface area contributed by atoms with Crippen molar-refractivity contribution in [3.63, 3.8) is 0 Å². The summed E-state index contributed by atoms with van der Waals surface area (Å²) in [5.74, 6) is 0. The van der Waals surface area contributed by atoms with Crippen LogP contribution in [0.2, 0.25) is 0 Å². The molecule has 0 aliphatic carbocycles. The predicted molar refractivity (Wildman–Crippen MR) is 78.5 cm³/mol. The first-order valence-corrected chi connectivity index (χ1v) is 7.27. The number of hydrogen-bond acceptors (Lipinski definition) is 2. The Morgan fingerprint density at radius 1 is 1.12 bits per heavy atom. The van der Waals surface area contributed by atoms with Gasteiger partial charge in [-0.3, -0.25) is 0 Å². The van der Waals surface area contributed by atoms with Gasteiger partial charge in [-0.05, 0) is 43.2 Å². The number of rotatable bonds is 4. The molecule has 0 amide bonds. The van der Waals surface area contributed by atoms with E-state index in [2.05, 4.69) is 65.4 Å². The molecule has 1 aromatic heterocycles. The molecule has 0 atom stereocenters. The van der Waals surface area contributed by atoms with E-state index in [4.69, 9.17) is 0 Å². The molecule has 1 N–H and O–H groups in total. The third kappa shape index (κ3) is 3.66. The van der Waals surface area contributed by atoms with Gasteiger partial charge >= 0.3 is 0 Å². The predicted octanol–water partition coefficient (Wildman–Crippen LogP) is 4.42. The molecule has 0 saturated carbocycles. The summed E-state index contributed by atoms with van der Waals surface area (Å²) in [5.41, 5.74) is 2.60. The van der Waals surface area contributed by atoms with E-state index in [1.807, 2.05) is 11.3 Å². The van der Waals surface area contributed by atoms with E-state index in [-0.39, 0.29) is 0 Å². The van der Waals surface area contributed by atoms with Crippen molar-refractivity contribution in [1.29, 1.82) is 0 Å². The van der Waals surface area contributed by atoms with Crippen molar-refractivity contribution in [1.82, 2.24) is 5.32 Å². The van der Waals surface area contributed by atoms with Crippen molar-refractivity contribution in [2.75, 3.05) is 0 Å². The second-order valence-corrected chi connectivity index (χ2v) is 6.44. The van der Waals surface area contributed by atoms with Crippen LogP contribution in [0.25, 0.3) is 0 Å². The molecule has 2 rings (SSSR count). The first-order chi connectivity index (χ1) is 8.15. The molecule has 1 nitrogen and oxygen atoms in total. The molecule has 0 radical (unpaired) electrons. The zero-order valence-corrected chi connectivity index (χ0v) is 12.5. The summed E-state index contributed by atoms with van der Waals surface area (Å²) < 4.78 is 1.19. The Bertz CT molecular complexity index is 505. The van der Waals surface area contributed by atoms with Crippen LogP contribution in [0, 0.1) is 13.8 Å². The Labute approximate surface area is 115 Å². The van der Waals surface area contributed by atoms with Gasteiger partial charge in [-0.15, -0.1) is 11.3 Å². The summed E-state index contributed by atoms with van der Waals surface area (Å²) in [6.07, 6.45) is 0. The smallest absolute Gasteiger partial charge is 0.0303 e. The zero-order chi connectivity index (χ0) is 12.3. The second-order valence-electron chi connectivity index (χ2n) is 4.21. The largest absolute Gasteiger partial charge is 0.308 e. The summed E-state index contributed by atoms with van der Waals surface area (Å²) >= 11 is 5.46. The molecule has 3 heteroatoms. The number of aryl methyl sites for hydroxylation is 2. The average Bonchev–Trinajstić information content (AvgIpc) is 2.68. The van der Waals surface area contributed by atoms with Crippen LogP contribution in [0.4, 0.5) is 0 Å². The molecule has 0 fully saturated rings. The van der Waals surface area contributed by atoms with Crippen LogP contribution in [0.3, 0.4) is 0 Å². The summed E-state index contributed by atoms with van der Waals surface area (Å²) in [7, 11) is 0. The van der Waals surface area contributed by atoms with Crippen LogP contribution in [0.15, 0.2) is 34.8 Å². The molecule has 0 aliphatic rings. The zero-order valence-electron chi connectivity index (χ0n) is 10.1. The summed E-state index contributed by atoms with van der Waals surface area (Å²) in [6, 6.07) is 10.8. The molecule has 0 spiro atoms. The normalized spacial score (nSPS) is 10.8. The van der Waals surface area contributed by atoms with Gasteiger partial charge in [0.15, 0.2) is 0 Å². The van der Waals surface area contributed by atoms with Crippen molar-refractivity contribution in [3.8, 4) is 0 Å². The molecule has 0 aliphatic heterocycles. The van der Waals surface area contributed by atoms with Gasteiger partial charge in [-0.25, -0.2) is 0 Å². The van der Waals surface area contributed by atoms with Crippen molar-refractivity contribution in [3.05, 3.63) is 55.7 Å².